The summed E-state index contributed by atoms with van der Waals surface area (Å²) < 4.78 is 2.10. The predicted molar refractivity (Wildman–Crippen MR) is 110 cm³/mol. The molecule has 27 heavy (non-hydrogen) atoms. The van der Waals surface area contributed by atoms with Crippen LogP contribution in [0.1, 0.15) is 25.7 Å². The predicted octanol–water partition coefficient (Wildman–Crippen LogP) is 3.96. The van der Waals surface area contributed by atoms with Crippen molar-refractivity contribution in [2.45, 2.75) is 25.7 Å². The van der Waals surface area contributed by atoms with Crippen LogP contribution in [0.2, 0.25) is 0 Å². The lowest BCUT2D eigenvalue weighted by atomic mass is 9.93. The number of aryl methyl sites for hydroxylation is 1. The highest BCUT2D eigenvalue weighted by atomic mass is 16.1. The molecule has 0 radical (unpaired) electrons. The molecule has 5 nitrogen and oxygen atoms in total. The Morgan fingerprint density at radius 3 is 2.63 bits per heavy atom. The third-order valence-electron chi connectivity index (χ3n) is 5.45. The van der Waals surface area contributed by atoms with Crippen LogP contribution in [-0.4, -0.2) is 28.5 Å². The molecule has 0 saturated carbocycles. The SMILES string of the molecule is Cn1c(-c2ccc(NC(=O)CCC3CCNCC3)cc2)nc2ccccc21. The van der Waals surface area contributed by atoms with Crippen LogP contribution in [-0.2, 0) is 11.8 Å². The lowest BCUT2D eigenvalue weighted by molar-refractivity contribution is -0.116. The quantitative estimate of drug-likeness (QED) is 0.722. The number of hydrogen-bond donors (Lipinski definition) is 2. The van der Waals surface area contributed by atoms with E-state index in [2.05, 4.69) is 21.3 Å². The van der Waals surface area contributed by atoms with Gasteiger partial charge in [0, 0.05) is 24.7 Å². The Morgan fingerprint density at radius 2 is 1.89 bits per heavy atom. The Labute approximate surface area is 159 Å². The Kier molecular flexibility index (Phi) is 5.21. The van der Waals surface area contributed by atoms with Gasteiger partial charge in [0.1, 0.15) is 5.82 Å². The van der Waals surface area contributed by atoms with Crippen molar-refractivity contribution in [2.24, 2.45) is 13.0 Å². The number of aromatic nitrogens is 2. The summed E-state index contributed by atoms with van der Waals surface area (Å²) in [6.07, 6.45) is 3.93. The van der Waals surface area contributed by atoms with Gasteiger partial charge in [-0.3, -0.25) is 4.79 Å². The number of para-hydroxylation sites is 2. The minimum atomic E-state index is 0.101. The molecule has 3 aromatic rings. The molecule has 2 aromatic carbocycles. The number of imidazole rings is 1. The summed E-state index contributed by atoms with van der Waals surface area (Å²) >= 11 is 0. The number of piperidine rings is 1. The zero-order chi connectivity index (χ0) is 18.6. The third kappa shape index (κ3) is 4.03. The molecule has 1 fully saturated rings. The molecule has 4 rings (SSSR count). The molecule has 1 aliphatic rings. The van der Waals surface area contributed by atoms with Gasteiger partial charge in [0.05, 0.1) is 11.0 Å². The molecule has 2 heterocycles. The maximum Gasteiger partial charge on any atom is 0.224 e. The van der Waals surface area contributed by atoms with Crippen LogP contribution in [0.25, 0.3) is 22.4 Å². The summed E-state index contributed by atoms with van der Waals surface area (Å²) in [6.45, 7) is 2.16. The second kappa shape index (κ2) is 7.92. The van der Waals surface area contributed by atoms with E-state index in [1.54, 1.807) is 0 Å². The first-order valence-corrected chi connectivity index (χ1v) is 9.73. The highest BCUT2D eigenvalue weighted by Crippen LogP contribution is 2.25. The molecule has 0 unspecified atom stereocenters. The van der Waals surface area contributed by atoms with Gasteiger partial charge < -0.3 is 15.2 Å². The maximum atomic E-state index is 12.2. The summed E-state index contributed by atoms with van der Waals surface area (Å²) in [5.41, 5.74) is 3.99. The molecule has 5 heteroatoms. The normalized spacial score (nSPS) is 15.1. The van der Waals surface area contributed by atoms with E-state index in [1.165, 1.54) is 12.8 Å². The zero-order valence-corrected chi connectivity index (χ0v) is 15.7. The second-order valence-electron chi connectivity index (χ2n) is 7.34. The molecule has 0 atom stereocenters. The van der Waals surface area contributed by atoms with Crippen LogP contribution in [0.4, 0.5) is 5.69 Å². The number of nitrogens with one attached hydrogen (secondary N) is 2. The maximum absolute atomic E-state index is 12.2. The van der Waals surface area contributed by atoms with Gasteiger partial charge in [-0.1, -0.05) is 12.1 Å². The van der Waals surface area contributed by atoms with Gasteiger partial charge >= 0.3 is 0 Å². The van der Waals surface area contributed by atoms with E-state index < -0.39 is 0 Å². The minimum Gasteiger partial charge on any atom is -0.327 e. The smallest absolute Gasteiger partial charge is 0.224 e. The molecular weight excluding hydrogens is 336 g/mol. The van der Waals surface area contributed by atoms with Gasteiger partial charge in [-0.15, -0.1) is 0 Å². The van der Waals surface area contributed by atoms with E-state index in [9.17, 15) is 4.79 Å². The van der Waals surface area contributed by atoms with Crippen molar-refractivity contribution in [3.63, 3.8) is 0 Å². The van der Waals surface area contributed by atoms with Gasteiger partial charge in [-0.25, -0.2) is 4.98 Å². The van der Waals surface area contributed by atoms with Crippen LogP contribution in [0.15, 0.2) is 48.5 Å². The minimum absolute atomic E-state index is 0.101. The number of nitrogens with zero attached hydrogens (tertiary/aromatic N) is 2. The Balaban J connectivity index is 1.39. The molecule has 140 valence electrons. The van der Waals surface area contributed by atoms with Gasteiger partial charge in [-0.05, 0) is 74.7 Å². The largest absolute Gasteiger partial charge is 0.327 e. The second-order valence-corrected chi connectivity index (χ2v) is 7.34. The van der Waals surface area contributed by atoms with E-state index in [1.807, 2.05) is 49.5 Å². The molecule has 1 aliphatic heterocycles. The number of hydrogen-bond acceptors (Lipinski definition) is 3. The van der Waals surface area contributed by atoms with Crippen molar-refractivity contribution in [3.05, 3.63) is 48.5 Å². The first kappa shape index (κ1) is 17.7. The van der Waals surface area contributed by atoms with E-state index in [0.29, 0.717) is 12.3 Å². The topological polar surface area (TPSA) is 59.0 Å². The summed E-state index contributed by atoms with van der Waals surface area (Å²) in [7, 11) is 2.03. The van der Waals surface area contributed by atoms with Crippen molar-refractivity contribution in [1.82, 2.24) is 14.9 Å². The van der Waals surface area contributed by atoms with Crippen molar-refractivity contribution in [2.75, 3.05) is 18.4 Å². The fraction of sp³-hybridized carbons (Fsp3) is 0.364. The summed E-state index contributed by atoms with van der Waals surface area (Å²) in [5.74, 6) is 1.71. The Bertz CT molecular complexity index is 923. The first-order chi connectivity index (χ1) is 13.2. The fourth-order valence-electron chi connectivity index (χ4n) is 3.84. The Morgan fingerprint density at radius 1 is 1.15 bits per heavy atom. The molecular formula is C22H26N4O. The number of carbonyl (C=O) groups is 1. The van der Waals surface area contributed by atoms with Crippen molar-refractivity contribution in [1.29, 1.82) is 0 Å². The van der Waals surface area contributed by atoms with Crippen LogP contribution >= 0.6 is 0 Å². The fourth-order valence-corrected chi connectivity index (χ4v) is 3.84. The van der Waals surface area contributed by atoms with Gasteiger partial charge in [0.25, 0.3) is 0 Å². The van der Waals surface area contributed by atoms with Crippen LogP contribution in [0.5, 0.6) is 0 Å². The van der Waals surface area contributed by atoms with E-state index in [0.717, 1.165) is 47.6 Å². The number of benzene rings is 2. The van der Waals surface area contributed by atoms with Gasteiger partial charge in [0.15, 0.2) is 0 Å². The highest BCUT2D eigenvalue weighted by molar-refractivity contribution is 5.91. The number of rotatable bonds is 5. The van der Waals surface area contributed by atoms with E-state index >= 15 is 0 Å². The zero-order valence-electron chi connectivity index (χ0n) is 15.7. The summed E-state index contributed by atoms with van der Waals surface area (Å²) in [4.78, 5) is 17.0. The number of carbonyl (C=O) groups excluding carboxylic acids is 1. The average Bonchev–Trinajstić information content (AvgIpc) is 3.05. The molecule has 0 aliphatic carbocycles. The standard InChI is InChI=1S/C22H26N4O/c1-26-20-5-3-2-4-19(20)25-22(26)17-7-9-18(10-8-17)24-21(27)11-6-16-12-14-23-15-13-16/h2-5,7-10,16,23H,6,11-15H2,1H3,(H,24,27). The van der Waals surface area contributed by atoms with Crippen LogP contribution in [0, 0.1) is 5.92 Å². The number of fused-ring (bicyclic) bond motifs is 1. The molecule has 2 N–H and O–H groups in total. The van der Waals surface area contributed by atoms with Crippen LogP contribution < -0.4 is 10.6 Å². The molecule has 1 aromatic heterocycles. The Hall–Kier alpha value is -2.66. The third-order valence-corrected chi connectivity index (χ3v) is 5.45. The molecule has 1 amide bonds. The molecule has 1 saturated heterocycles. The number of anilines is 1. The lowest BCUT2D eigenvalue weighted by Gasteiger charge is -2.22. The average molecular weight is 362 g/mol. The molecule has 0 bridgehead atoms. The number of amides is 1. The lowest BCUT2D eigenvalue weighted by Crippen LogP contribution is -2.28. The van der Waals surface area contributed by atoms with Crippen molar-refractivity contribution >= 4 is 22.6 Å². The molecule has 0 spiro atoms. The van der Waals surface area contributed by atoms with Crippen molar-refractivity contribution in [3.8, 4) is 11.4 Å². The summed E-state index contributed by atoms with van der Waals surface area (Å²) in [5, 5.41) is 6.39. The summed E-state index contributed by atoms with van der Waals surface area (Å²) in [6, 6.07) is 16.1. The van der Waals surface area contributed by atoms with Gasteiger partial charge in [0.2, 0.25) is 5.91 Å². The van der Waals surface area contributed by atoms with E-state index in [-0.39, 0.29) is 5.91 Å². The van der Waals surface area contributed by atoms with Gasteiger partial charge in [-0.2, -0.15) is 0 Å². The van der Waals surface area contributed by atoms with E-state index in [4.69, 9.17) is 4.98 Å². The van der Waals surface area contributed by atoms with Crippen molar-refractivity contribution < 1.29 is 4.79 Å². The first-order valence-electron chi connectivity index (χ1n) is 9.73. The highest BCUT2D eigenvalue weighted by Gasteiger charge is 2.15. The van der Waals surface area contributed by atoms with Crippen LogP contribution in [0.3, 0.4) is 0 Å². The monoisotopic (exact) mass is 362 g/mol.